The summed E-state index contributed by atoms with van der Waals surface area (Å²) < 4.78 is 2.43. The van der Waals surface area contributed by atoms with Gasteiger partial charge in [0.25, 0.3) is 0 Å². The molecule has 0 atom stereocenters. The van der Waals surface area contributed by atoms with E-state index in [2.05, 4.69) is 217 Å². The van der Waals surface area contributed by atoms with Crippen LogP contribution in [-0.2, 0) is 0 Å². The van der Waals surface area contributed by atoms with Gasteiger partial charge in [0, 0.05) is 33.0 Å². The van der Waals surface area contributed by atoms with Crippen molar-refractivity contribution in [3.05, 3.63) is 212 Å². The van der Waals surface area contributed by atoms with E-state index in [-0.39, 0.29) is 0 Å². The van der Waals surface area contributed by atoms with E-state index >= 15 is 0 Å². The van der Waals surface area contributed by atoms with Crippen molar-refractivity contribution in [2.75, 3.05) is 0 Å². The van der Waals surface area contributed by atoms with E-state index in [0.29, 0.717) is 5.82 Å². The summed E-state index contributed by atoms with van der Waals surface area (Å²) in [6.45, 7) is 0. The van der Waals surface area contributed by atoms with Crippen LogP contribution in [0.5, 0.6) is 0 Å². The Kier molecular flexibility index (Phi) is 7.82. The predicted molar refractivity (Wildman–Crippen MR) is 239 cm³/mol. The molecule has 3 heteroatoms. The van der Waals surface area contributed by atoms with Crippen LogP contribution in [0.1, 0.15) is 0 Å². The van der Waals surface area contributed by atoms with Gasteiger partial charge in [-0.05, 0) is 92.8 Å². The van der Waals surface area contributed by atoms with E-state index in [9.17, 15) is 0 Å². The minimum atomic E-state index is 0.678. The molecule has 0 aliphatic carbocycles. The summed E-state index contributed by atoms with van der Waals surface area (Å²) in [5, 5.41) is 7.30. The summed E-state index contributed by atoms with van der Waals surface area (Å²) in [4.78, 5) is 10.7. The summed E-state index contributed by atoms with van der Waals surface area (Å²) in [6.07, 6.45) is 0. The molecule has 57 heavy (non-hydrogen) atoms. The fourth-order valence-corrected chi connectivity index (χ4v) is 8.34. The fraction of sp³-hybridized carbons (Fsp3) is 0. The molecule has 0 fully saturated rings. The molecule has 0 aliphatic rings. The highest BCUT2D eigenvalue weighted by Crippen LogP contribution is 2.40. The highest BCUT2D eigenvalue weighted by molar-refractivity contribution is 6.14. The van der Waals surface area contributed by atoms with E-state index in [1.165, 1.54) is 48.9 Å². The van der Waals surface area contributed by atoms with Gasteiger partial charge in [0.15, 0.2) is 5.82 Å². The van der Waals surface area contributed by atoms with Crippen LogP contribution in [0.15, 0.2) is 212 Å². The molecule has 0 saturated carbocycles. The van der Waals surface area contributed by atoms with Crippen LogP contribution < -0.4 is 0 Å². The molecule has 2 heterocycles. The van der Waals surface area contributed by atoms with Crippen LogP contribution in [0.2, 0.25) is 0 Å². The highest BCUT2D eigenvalue weighted by Gasteiger charge is 2.19. The van der Waals surface area contributed by atoms with Gasteiger partial charge >= 0.3 is 0 Å². The zero-order valence-corrected chi connectivity index (χ0v) is 31.0. The average Bonchev–Trinajstić information content (AvgIpc) is 3.61. The molecule has 0 radical (unpaired) electrons. The molecule has 0 bridgehead atoms. The first-order valence-electron chi connectivity index (χ1n) is 19.4. The maximum Gasteiger partial charge on any atom is 0.160 e. The van der Waals surface area contributed by atoms with Crippen molar-refractivity contribution in [1.82, 2.24) is 14.5 Å². The first-order chi connectivity index (χ1) is 28.2. The lowest BCUT2D eigenvalue weighted by molar-refractivity contribution is 1.17. The molecule has 0 saturated heterocycles. The molecule has 0 aliphatic heterocycles. The second-order valence-electron chi connectivity index (χ2n) is 14.6. The van der Waals surface area contributed by atoms with Gasteiger partial charge in [0.2, 0.25) is 0 Å². The van der Waals surface area contributed by atoms with E-state index in [0.717, 1.165) is 50.5 Å². The quantitative estimate of drug-likeness (QED) is 0.171. The van der Waals surface area contributed by atoms with Crippen molar-refractivity contribution in [3.8, 4) is 61.8 Å². The van der Waals surface area contributed by atoms with E-state index in [4.69, 9.17) is 9.97 Å². The van der Waals surface area contributed by atoms with E-state index in [1.54, 1.807) is 0 Å². The third-order valence-corrected chi connectivity index (χ3v) is 11.2. The summed E-state index contributed by atoms with van der Waals surface area (Å²) >= 11 is 0. The van der Waals surface area contributed by atoms with Crippen molar-refractivity contribution in [2.45, 2.75) is 0 Å². The van der Waals surface area contributed by atoms with Gasteiger partial charge in [-0.2, -0.15) is 0 Å². The summed E-state index contributed by atoms with van der Waals surface area (Å²) in [6, 6.07) is 75.8. The molecule has 11 aromatic rings. The topological polar surface area (TPSA) is 30.7 Å². The lowest BCUT2D eigenvalue weighted by Gasteiger charge is -2.17. The standard InChI is InChI=1S/C54H35N3/c1-3-14-36(15-4-1)40-22-13-23-43(30-40)49-35-50(44-27-26-37-16-7-8-19-39(37)31-44)56-54(55-49)45-28-29-52(47(33-45)38-17-5-2-6-18-38)57-51-25-12-11-24-46(51)48-32-41-20-9-10-21-42(41)34-53(48)57/h1-35H. The molecular weight excluding hydrogens is 691 g/mol. The summed E-state index contributed by atoms with van der Waals surface area (Å²) in [7, 11) is 0. The zero-order chi connectivity index (χ0) is 37.7. The van der Waals surface area contributed by atoms with Crippen LogP contribution in [0.3, 0.4) is 0 Å². The Bertz CT molecular complexity index is 3290. The predicted octanol–water partition coefficient (Wildman–Crippen LogP) is 14.2. The molecular formula is C54H35N3. The third kappa shape index (κ3) is 5.85. The average molecular weight is 726 g/mol. The molecule has 0 spiro atoms. The Morgan fingerprint density at radius 1 is 0.298 bits per heavy atom. The van der Waals surface area contributed by atoms with Gasteiger partial charge in [-0.15, -0.1) is 0 Å². The fourth-order valence-electron chi connectivity index (χ4n) is 8.34. The van der Waals surface area contributed by atoms with Gasteiger partial charge in [0.05, 0.1) is 28.1 Å². The van der Waals surface area contributed by atoms with Crippen molar-refractivity contribution in [3.63, 3.8) is 0 Å². The first kappa shape index (κ1) is 32.8. The molecule has 266 valence electrons. The molecule has 9 aromatic carbocycles. The second kappa shape index (κ2) is 13.6. The van der Waals surface area contributed by atoms with Crippen LogP contribution in [0.25, 0.3) is 105 Å². The van der Waals surface area contributed by atoms with Gasteiger partial charge in [-0.25, -0.2) is 9.97 Å². The summed E-state index contributed by atoms with van der Waals surface area (Å²) in [5.74, 6) is 0.678. The number of aromatic nitrogens is 3. The lowest BCUT2D eigenvalue weighted by atomic mass is 9.98. The van der Waals surface area contributed by atoms with Gasteiger partial charge < -0.3 is 4.57 Å². The van der Waals surface area contributed by atoms with Crippen LogP contribution in [0.4, 0.5) is 0 Å². The molecule has 0 N–H and O–H groups in total. The number of hydrogen-bond donors (Lipinski definition) is 0. The van der Waals surface area contributed by atoms with Crippen LogP contribution >= 0.6 is 0 Å². The van der Waals surface area contributed by atoms with Crippen LogP contribution in [-0.4, -0.2) is 14.5 Å². The Morgan fingerprint density at radius 2 is 0.877 bits per heavy atom. The first-order valence-corrected chi connectivity index (χ1v) is 19.4. The molecule has 2 aromatic heterocycles. The van der Waals surface area contributed by atoms with Gasteiger partial charge in [-0.3, -0.25) is 0 Å². The number of fused-ring (bicyclic) bond motifs is 5. The van der Waals surface area contributed by atoms with Gasteiger partial charge in [0.1, 0.15) is 0 Å². The largest absolute Gasteiger partial charge is 0.309 e. The number of hydrogen-bond acceptors (Lipinski definition) is 2. The molecule has 0 amide bonds. The Hall–Kier alpha value is -7.62. The maximum absolute atomic E-state index is 5.34. The minimum Gasteiger partial charge on any atom is -0.309 e. The number of nitrogens with zero attached hydrogens (tertiary/aromatic N) is 3. The van der Waals surface area contributed by atoms with E-state index < -0.39 is 0 Å². The SMILES string of the molecule is c1ccc(-c2cccc(-c3cc(-c4ccc5ccccc5c4)nc(-c4ccc(-n5c6ccccc6c6cc7ccccc7cc65)c(-c5ccccc5)c4)n3)c2)cc1. The highest BCUT2D eigenvalue weighted by atomic mass is 15.0. The third-order valence-electron chi connectivity index (χ3n) is 11.2. The van der Waals surface area contributed by atoms with Crippen molar-refractivity contribution < 1.29 is 0 Å². The molecule has 3 nitrogen and oxygen atoms in total. The smallest absolute Gasteiger partial charge is 0.160 e. The number of benzene rings is 9. The normalized spacial score (nSPS) is 11.5. The van der Waals surface area contributed by atoms with Crippen molar-refractivity contribution in [1.29, 1.82) is 0 Å². The maximum atomic E-state index is 5.34. The summed E-state index contributed by atoms with van der Waals surface area (Å²) in [5.41, 5.74) is 12.8. The Morgan fingerprint density at radius 3 is 1.65 bits per heavy atom. The van der Waals surface area contributed by atoms with Crippen molar-refractivity contribution in [2.24, 2.45) is 0 Å². The second-order valence-corrected chi connectivity index (χ2v) is 14.6. The number of para-hydroxylation sites is 1. The number of rotatable bonds is 6. The molecule has 11 rings (SSSR count). The Labute approximate surface area is 330 Å². The van der Waals surface area contributed by atoms with Crippen LogP contribution in [0, 0.1) is 0 Å². The van der Waals surface area contributed by atoms with Crippen molar-refractivity contribution >= 4 is 43.4 Å². The monoisotopic (exact) mass is 725 g/mol. The minimum absolute atomic E-state index is 0.678. The zero-order valence-electron chi connectivity index (χ0n) is 31.0. The van der Waals surface area contributed by atoms with E-state index in [1.807, 2.05) is 0 Å². The van der Waals surface area contributed by atoms with Gasteiger partial charge in [-0.1, -0.05) is 158 Å². The lowest BCUT2D eigenvalue weighted by Crippen LogP contribution is -2.00. The Balaban J connectivity index is 1.14. The molecule has 0 unspecified atom stereocenters.